The molecule has 0 radical (unpaired) electrons. The van der Waals surface area contributed by atoms with E-state index < -0.39 is 0 Å². The number of amides is 1. The third-order valence-corrected chi connectivity index (χ3v) is 3.03. The second kappa shape index (κ2) is 6.04. The molecule has 0 saturated carbocycles. The average Bonchev–Trinajstić information content (AvgIpc) is 3.21. The summed E-state index contributed by atoms with van der Waals surface area (Å²) in [6.07, 6.45) is 7.38. The maximum absolute atomic E-state index is 12.1. The number of hydrogen-bond donors (Lipinski definition) is 1. The predicted octanol–water partition coefficient (Wildman–Crippen LogP) is 1.50. The Balaban J connectivity index is 1.63. The number of carbonyl (C=O) groups excluding carboxylic acids is 1. The van der Waals surface area contributed by atoms with Crippen molar-refractivity contribution in [2.75, 3.05) is 6.54 Å². The molecule has 0 atom stereocenters. The van der Waals surface area contributed by atoms with Gasteiger partial charge in [-0.1, -0.05) is 6.07 Å². The van der Waals surface area contributed by atoms with Gasteiger partial charge in [-0.25, -0.2) is 9.67 Å². The van der Waals surface area contributed by atoms with Gasteiger partial charge in [0.05, 0.1) is 0 Å². The van der Waals surface area contributed by atoms with E-state index in [2.05, 4.69) is 15.4 Å². The van der Waals surface area contributed by atoms with Crippen LogP contribution >= 0.6 is 0 Å². The highest BCUT2D eigenvalue weighted by atomic mass is 16.1. The molecule has 0 aliphatic carbocycles. The van der Waals surface area contributed by atoms with E-state index in [0.717, 1.165) is 6.54 Å². The zero-order valence-electron chi connectivity index (χ0n) is 11.4. The van der Waals surface area contributed by atoms with Crippen molar-refractivity contribution in [3.05, 3.63) is 66.9 Å². The van der Waals surface area contributed by atoms with Crippen LogP contribution in [0.3, 0.4) is 0 Å². The van der Waals surface area contributed by atoms with Crippen LogP contribution in [0.15, 0.2) is 61.2 Å². The highest BCUT2D eigenvalue weighted by Gasteiger charge is 2.08. The number of carbonyl (C=O) groups is 1. The first-order valence-corrected chi connectivity index (χ1v) is 6.69. The summed E-state index contributed by atoms with van der Waals surface area (Å²) in [7, 11) is 0. The fourth-order valence-corrected chi connectivity index (χ4v) is 1.99. The third-order valence-electron chi connectivity index (χ3n) is 3.03. The van der Waals surface area contributed by atoms with Gasteiger partial charge in [-0.05, 0) is 30.3 Å². The van der Waals surface area contributed by atoms with E-state index in [4.69, 9.17) is 0 Å². The lowest BCUT2D eigenvalue weighted by atomic mass is 10.3. The number of rotatable bonds is 5. The van der Waals surface area contributed by atoms with E-state index in [1.807, 2.05) is 41.2 Å². The Hall–Kier alpha value is -2.89. The molecule has 3 heterocycles. The van der Waals surface area contributed by atoms with Crippen molar-refractivity contribution in [2.45, 2.75) is 6.54 Å². The van der Waals surface area contributed by atoms with Gasteiger partial charge in [0.15, 0.2) is 5.82 Å². The summed E-state index contributed by atoms with van der Waals surface area (Å²) in [5, 5.41) is 6.96. The molecule has 0 spiro atoms. The van der Waals surface area contributed by atoms with E-state index in [1.54, 1.807) is 29.2 Å². The Morgan fingerprint density at radius 3 is 2.71 bits per heavy atom. The van der Waals surface area contributed by atoms with Crippen LogP contribution in [-0.4, -0.2) is 31.8 Å². The predicted molar refractivity (Wildman–Crippen MR) is 78.1 cm³/mol. The van der Waals surface area contributed by atoms with E-state index in [9.17, 15) is 4.79 Å². The number of pyridine rings is 1. The van der Waals surface area contributed by atoms with Gasteiger partial charge in [-0.2, -0.15) is 5.10 Å². The molecule has 1 amide bonds. The smallest absolute Gasteiger partial charge is 0.270 e. The standard InChI is InChI=1S/C15H15N5O/c21-15(16-8-12-19-9-1-2-10-19)13-5-3-6-14(18-13)20-11-4-7-17-20/h1-7,9-11H,8,12H2,(H,16,21). The maximum Gasteiger partial charge on any atom is 0.270 e. The Morgan fingerprint density at radius 1 is 1.10 bits per heavy atom. The van der Waals surface area contributed by atoms with Crippen molar-refractivity contribution in [3.8, 4) is 5.82 Å². The van der Waals surface area contributed by atoms with Crippen LogP contribution in [0, 0.1) is 0 Å². The van der Waals surface area contributed by atoms with Gasteiger partial charge in [0.2, 0.25) is 0 Å². The molecule has 0 fully saturated rings. The average molecular weight is 281 g/mol. The van der Waals surface area contributed by atoms with Crippen LogP contribution in [0.1, 0.15) is 10.5 Å². The molecule has 0 unspecified atom stereocenters. The van der Waals surface area contributed by atoms with Crippen LogP contribution in [0.5, 0.6) is 0 Å². The highest BCUT2D eigenvalue weighted by Crippen LogP contribution is 2.04. The van der Waals surface area contributed by atoms with E-state index >= 15 is 0 Å². The zero-order chi connectivity index (χ0) is 14.5. The highest BCUT2D eigenvalue weighted by molar-refractivity contribution is 5.92. The summed E-state index contributed by atoms with van der Waals surface area (Å²) < 4.78 is 3.63. The Kier molecular flexibility index (Phi) is 3.77. The summed E-state index contributed by atoms with van der Waals surface area (Å²) in [4.78, 5) is 16.4. The number of nitrogens with zero attached hydrogens (tertiary/aromatic N) is 4. The van der Waals surface area contributed by atoms with E-state index in [0.29, 0.717) is 18.1 Å². The second-order valence-corrected chi connectivity index (χ2v) is 4.51. The Morgan fingerprint density at radius 2 is 1.95 bits per heavy atom. The topological polar surface area (TPSA) is 64.7 Å². The maximum atomic E-state index is 12.1. The SMILES string of the molecule is O=C(NCCn1cccc1)c1cccc(-n2cccn2)n1. The lowest BCUT2D eigenvalue weighted by Gasteiger charge is -2.07. The van der Waals surface area contributed by atoms with Crippen molar-refractivity contribution >= 4 is 5.91 Å². The minimum Gasteiger partial charge on any atom is -0.353 e. The second-order valence-electron chi connectivity index (χ2n) is 4.51. The monoisotopic (exact) mass is 281 g/mol. The summed E-state index contributed by atoms with van der Waals surface area (Å²) in [5.41, 5.74) is 0.385. The fraction of sp³-hybridized carbons (Fsp3) is 0.133. The molecule has 6 heteroatoms. The van der Waals surface area contributed by atoms with Crippen molar-refractivity contribution in [2.24, 2.45) is 0 Å². The van der Waals surface area contributed by atoms with Crippen LogP contribution in [-0.2, 0) is 6.54 Å². The quantitative estimate of drug-likeness (QED) is 0.770. The molecule has 3 aromatic rings. The molecule has 0 aliphatic heterocycles. The fourth-order valence-electron chi connectivity index (χ4n) is 1.99. The molecule has 3 aromatic heterocycles. The van der Waals surface area contributed by atoms with Gasteiger partial charge >= 0.3 is 0 Å². The molecule has 1 N–H and O–H groups in total. The Labute approximate surface area is 122 Å². The van der Waals surface area contributed by atoms with E-state index in [1.165, 1.54) is 0 Å². The van der Waals surface area contributed by atoms with Crippen molar-refractivity contribution in [3.63, 3.8) is 0 Å². The van der Waals surface area contributed by atoms with Crippen LogP contribution in [0.4, 0.5) is 0 Å². The molecule has 6 nitrogen and oxygen atoms in total. The first-order chi connectivity index (χ1) is 10.3. The summed E-state index contributed by atoms with van der Waals surface area (Å²) in [5.74, 6) is 0.439. The first kappa shape index (κ1) is 13.1. The van der Waals surface area contributed by atoms with Gasteiger partial charge in [0.1, 0.15) is 5.69 Å². The zero-order valence-corrected chi connectivity index (χ0v) is 11.4. The van der Waals surface area contributed by atoms with E-state index in [-0.39, 0.29) is 5.91 Å². The van der Waals surface area contributed by atoms with Crippen LogP contribution < -0.4 is 5.32 Å². The van der Waals surface area contributed by atoms with Crippen molar-refractivity contribution in [1.29, 1.82) is 0 Å². The molecule has 106 valence electrons. The minimum atomic E-state index is -0.184. The molecule has 21 heavy (non-hydrogen) atoms. The number of nitrogens with one attached hydrogen (secondary N) is 1. The lowest BCUT2D eigenvalue weighted by Crippen LogP contribution is -2.28. The third kappa shape index (κ3) is 3.17. The van der Waals surface area contributed by atoms with Crippen molar-refractivity contribution < 1.29 is 4.79 Å². The molecule has 0 aromatic carbocycles. The van der Waals surface area contributed by atoms with Gasteiger partial charge in [-0.15, -0.1) is 0 Å². The molecule has 3 rings (SSSR count). The van der Waals surface area contributed by atoms with Crippen LogP contribution in [0.2, 0.25) is 0 Å². The number of hydrogen-bond acceptors (Lipinski definition) is 3. The lowest BCUT2D eigenvalue weighted by molar-refractivity contribution is 0.0947. The van der Waals surface area contributed by atoms with Crippen LogP contribution in [0.25, 0.3) is 5.82 Å². The largest absolute Gasteiger partial charge is 0.353 e. The molecule has 0 bridgehead atoms. The normalized spacial score (nSPS) is 10.5. The molecular formula is C15H15N5O. The molecule has 0 aliphatic rings. The van der Waals surface area contributed by atoms with Gasteiger partial charge in [0.25, 0.3) is 5.91 Å². The summed E-state index contributed by atoms with van der Waals surface area (Å²) in [6.45, 7) is 1.29. The molecule has 0 saturated heterocycles. The molecular weight excluding hydrogens is 266 g/mol. The summed E-state index contributed by atoms with van der Waals surface area (Å²) in [6, 6.07) is 11.0. The number of aromatic nitrogens is 4. The van der Waals surface area contributed by atoms with Crippen molar-refractivity contribution in [1.82, 2.24) is 24.6 Å². The Bertz CT molecular complexity index is 704. The van der Waals surface area contributed by atoms with Gasteiger partial charge in [-0.3, -0.25) is 4.79 Å². The van der Waals surface area contributed by atoms with Gasteiger partial charge in [0, 0.05) is 37.9 Å². The summed E-state index contributed by atoms with van der Waals surface area (Å²) >= 11 is 0. The first-order valence-electron chi connectivity index (χ1n) is 6.69. The van der Waals surface area contributed by atoms with Gasteiger partial charge < -0.3 is 9.88 Å². The minimum absolute atomic E-state index is 0.184.